The van der Waals surface area contributed by atoms with Gasteiger partial charge in [0, 0.05) is 17.8 Å². The average Bonchev–Trinajstić information content (AvgIpc) is 2.75. The third-order valence-corrected chi connectivity index (χ3v) is 5.22. The lowest BCUT2D eigenvalue weighted by atomic mass is 9.92. The minimum Gasteiger partial charge on any atom is -0.326 e. The van der Waals surface area contributed by atoms with E-state index in [9.17, 15) is 18.8 Å². The molecule has 0 bridgehead atoms. The van der Waals surface area contributed by atoms with Gasteiger partial charge >= 0.3 is 0 Å². The van der Waals surface area contributed by atoms with Crippen LogP contribution in [0.5, 0.6) is 0 Å². The molecule has 1 atom stereocenters. The van der Waals surface area contributed by atoms with Crippen molar-refractivity contribution in [2.75, 3.05) is 16.0 Å². The van der Waals surface area contributed by atoms with Gasteiger partial charge in [-0.15, -0.1) is 0 Å². The molecular formula is C23H22FN5O3. The molecule has 0 saturated carbocycles. The number of hydrogen-bond donors (Lipinski definition) is 4. The number of carbonyl (C=O) groups excluding carboxylic acids is 2. The number of H-pyrrole nitrogens is 1. The number of amides is 2. The maximum Gasteiger partial charge on any atom is 0.258 e. The van der Waals surface area contributed by atoms with Crippen LogP contribution in [0.15, 0.2) is 53.3 Å². The Morgan fingerprint density at radius 1 is 1.06 bits per heavy atom. The van der Waals surface area contributed by atoms with E-state index in [4.69, 9.17) is 0 Å². The Bertz CT molecular complexity index is 1220. The highest BCUT2D eigenvalue weighted by Crippen LogP contribution is 2.30. The third-order valence-electron chi connectivity index (χ3n) is 5.22. The standard InChI is InChI=1S/C23H22FN5O3/c1-12(2)13-3-7-15(8-4-13)25-21(31)17-11-18(30)27-20-19(17)22(32)29-23(28-20)26-16-9-5-14(24)6-10-16/h3-10,12,17H,11H2,1-2H3,(H,25,31)(H3,26,27,28,29,30,32)/t17-/m0/s1. The van der Waals surface area contributed by atoms with Crippen LogP contribution < -0.4 is 21.5 Å². The first-order valence-electron chi connectivity index (χ1n) is 10.2. The quantitative estimate of drug-likeness (QED) is 0.486. The summed E-state index contributed by atoms with van der Waals surface area (Å²) in [5.74, 6) is -1.84. The van der Waals surface area contributed by atoms with Gasteiger partial charge < -0.3 is 16.0 Å². The summed E-state index contributed by atoms with van der Waals surface area (Å²) in [5, 5.41) is 8.18. The zero-order valence-corrected chi connectivity index (χ0v) is 17.5. The molecule has 0 spiro atoms. The van der Waals surface area contributed by atoms with Crippen LogP contribution in [0, 0.1) is 5.82 Å². The molecular weight excluding hydrogens is 413 g/mol. The fourth-order valence-corrected chi connectivity index (χ4v) is 3.51. The van der Waals surface area contributed by atoms with Gasteiger partial charge in [-0.3, -0.25) is 19.4 Å². The SMILES string of the molecule is CC(C)c1ccc(NC(=O)[C@H]2CC(=O)Nc3nc(Nc4ccc(F)cc4)[nH]c(=O)c32)cc1. The van der Waals surface area contributed by atoms with Crippen LogP contribution >= 0.6 is 0 Å². The monoisotopic (exact) mass is 435 g/mol. The van der Waals surface area contributed by atoms with Crippen LogP contribution in [-0.2, 0) is 9.59 Å². The molecule has 32 heavy (non-hydrogen) atoms. The van der Waals surface area contributed by atoms with Crippen LogP contribution in [0.1, 0.15) is 43.2 Å². The molecule has 3 aromatic rings. The fourth-order valence-electron chi connectivity index (χ4n) is 3.51. The summed E-state index contributed by atoms with van der Waals surface area (Å²) in [7, 11) is 0. The van der Waals surface area contributed by atoms with Gasteiger partial charge in [0.25, 0.3) is 5.56 Å². The van der Waals surface area contributed by atoms with E-state index >= 15 is 0 Å². The molecule has 164 valence electrons. The first-order chi connectivity index (χ1) is 15.3. The molecule has 4 rings (SSSR count). The molecule has 2 heterocycles. The molecule has 0 aliphatic carbocycles. The number of nitrogens with zero attached hydrogens (tertiary/aromatic N) is 1. The van der Waals surface area contributed by atoms with E-state index in [2.05, 4.69) is 39.8 Å². The van der Waals surface area contributed by atoms with E-state index < -0.39 is 29.1 Å². The summed E-state index contributed by atoms with van der Waals surface area (Å²) < 4.78 is 13.1. The maximum atomic E-state index is 13.1. The van der Waals surface area contributed by atoms with Crippen LogP contribution in [-0.4, -0.2) is 21.8 Å². The van der Waals surface area contributed by atoms with Gasteiger partial charge in [-0.1, -0.05) is 26.0 Å². The Labute approximate surface area is 183 Å². The molecule has 4 N–H and O–H groups in total. The van der Waals surface area contributed by atoms with E-state index in [0.29, 0.717) is 17.3 Å². The number of fused-ring (bicyclic) bond motifs is 1. The molecule has 0 saturated heterocycles. The summed E-state index contributed by atoms with van der Waals surface area (Å²) in [6, 6.07) is 12.9. The highest BCUT2D eigenvalue weighted by atomic mass is 19.1. The van der Waals surface area contributed by atoms with Crippen molar-refractivity contribution in [2.24, 2.45) is 0 Å². The molecule has 8 nitrogen and oxygen atoms in total. The maximum absolute atomic E-state index is 13.1. The minimum absolute atomic E-state index is 0.0184. The van der Waals surface area contributed by atoms with Crippen molar-refractivity contribution in [3.63, 3.8) is 0 Å². The van der Waals surface area contributed by atoms with Crippen molar-refractivity contribution in [1.29, 1.82) is 0 Å². The van der Waals surface area contributed by atoms with Gasteiger partial charge in [0.1, 0.15) is 11.6 Å². The molecule has 0 unspecified atom stereocenters. The Morgan fingerprint density at radius 2 is 1.72 bits per heavy atom. The number of nitrogens with one attached hydrogen (secondary N) is 4. The summed E-state index contributed by atoms with van der Waals surface area (Å²) in [6.07, 6.45) is -0.168. The molecule has 0 fully saturated rings. The van der Waals surface area contributed by atoms with E-state index in [1.807, 2.05) is 12.1 Å². The number of hydrogen-bond acceptors (Lipinski definition) is 5. The van der Waals surface area contributed by atoms with Gasteiger partial charge in [0.15, 0.2) is 0 Å². The molecule has 1 aliphatic rings. The van der Waals surface area contributed by atoms with Crippen LogP contribution in [0.4, 0.5) is 27.5 Å². The van der Waals surface area contributed by atoms with Crippen molar-refractivity contribution in [3.8, 4) is 0 Å². The first kappa shape index (κ1) is 21.2. The molecule has 9 heteroatoms. The lowest BCUT2D eigenvalue weighted by molar-refractivity contribution is -0.123. The van der Waals surface area contributed by atoms with Crippen LogP contribution in [0.3, 0.4) is 0 Å². The lowest BCUT2D eigenvalue weighted by Crippen LogP contribution is -2.36. The third kappa shape index (κ3) is 4.51. The number of aromatic nitrogens is 2. The van der Waals surface area contributed by atoms with E-state index in [-0.39, 0.29) is 23.8 Å². The molecule has 1 aliphatic heterocycles. The van der Waals surface area contributed by atoms with Crippen molar-refractivity contribution in [3.05, 3.63) is 75.8 Å². The van der Waals surface area contributed by atoms with E-state index in [0.717, 1.165) is 5.56 Å². The fraction of sp³-hybridized carbons (Fsp3) is 0.217. The van der Waals surface area contributed by atoms with E-state index in [1.54, 1.807) is 12.1 Å². The minimum atomic E-state index is -0.986. The average molecular weight is 435 g/mol. The van der Waals surface area contributed by atoms with Crippen LogP contribution in [0.2, 0.25) is 0 Å². The number of benzene rings is 2. The largest absolute Gasteiger partial charge is 0.326 e. The number of anilines is 4. The highest BCUT2D eigenvalue weighted by Gasteiger charge is 2.34. The number of rotatable bonds is 5. The molecule has 0 radical (unpaired) electrons. The van der Waals surface area contributed by atoms with Crippen molar-refractivity contribution >= 4 is 35.0 Å². The molecule has 2 amide bonds. The van der Waals surface area contributed by atoms with Gasteiger partial charge in [-0.25, -0.2) is 4.39 Å². The van der Waals surface area contributed by atoms with Crippen LogP contribution in [0.25, 0.3) is 0 Å². The van der Waals surface area contributed by atoms with Gasteiger partial charge in [0.2, 0.25) is 17.8 Å². The summed E-state index contributed by atoms with van der Waals surface area (Å²) >= 11 is 0. The van der Waals surface area contributed by atoms with Crippen molar-refractivity contribution in [1.82, 2.24) is 9.97 Å². The second kappa shape index (κ2) is 8.62. The van der Waals surface area contributed by atoms with Crippen molar-refractivity contribution in [2.45, 2.75) is 32.1 Å². The lowest BCUT2D eigenvalue weighted by Gasteiger charge is -2.23. The van der Waals surface area contributed by atoms with Gasteiger partial charge in [-0.05, 0) is 47.9 Å². The Kier molecular flexibility index (Phi) is 5.72. The Morgan fingerprint density at radius 3 is 2.38 bits per heavy atom. The Hall–Kier alpha value is -4.01. The second-order valence-electron chi connectivity index (χ2n) is 7.88. The number of carbonyl (C=O) groups is 2. The number of aromatic amines is 1. The second-order valence-corrected chi connectivity index (χ2v) is 7.88. The summed E-state index contributed by atoms with van der Waals surface area (Å²) in [6.45, 7) is 4.15. The first-order valence-corrected chi connectivity index (χ1v) is 10.2. The Balaban J connectivity index is 1.59. The molecule has 2 aromatic carbocycles. The molecule has 1 aromatic heterocycles. The van der Waals surface area contributed by atoms with Gasteiger partial charge in [-0.2, -0.15) is 4.98 Å². The summed E-state index contributed by atoms with van der Waals surface area (Å²) in [5.41, 5.74) is 1.74. The summed E-state index contributed by atoms with van der Waals surface area (Å²) in [4.78, 5) is 44.8. The van der Waals surface area contributed by atoms with Crippen molar-refractivity contribution < 1.29 is 14.0 Å². The topological polar surface area (TPSA) is 116 Å². The van der Waals surface area contributed by atoms with Gasteiger partial charge in [0.05, 0.1) is 11.5 Å². The van der Waals surface area contributed by atoms with E-state index in [1.165, 1.54) is 24.3 Å². The zero-order valence-electron chi connectivity index (χ0n) is 17.5. The predicted molar refractivity (Wildman–Crippen MR) is 120 cm³/mol. The smallest absolute Gasteiger partial charge is 0.258 e. The normalized spacial score (nSPS) is 15.1. The zero-order chi connectivity index (χ0) is 22.8. The highest BCUT2D eigenvalue weighted by molar-refractivity contribution is 6.04. The number of halogens is 1. The predicted octanol–water partition coefficient (Wildman–Crippen LogP) is 3.84.